The highest BCUT2D eigenvalue weighted by Crippen LogP contribution is 2.28. The van der Waals surface area contributed by atoms with E-state index in [0.29, 0.717) is 32.0 Å². The Bertz CT molecular complexity index is 1440. The zero-order valence-electron chi connectivity index (χ0n) is 19.4. The van der Waals surface area contributed by atoms with E-state index in [2.05, 4.69) is 15.6 Å². The highest BCUT2D eigenvalue weighted by Gasteiger charge is 2.20. The first-order valence-electron chi connectivity index (χ1n) is 10.7. The second kappa shape index (κ2) is 9.48. The van der Waals surface area contributed by atoms with Crippen molar-refractivity contribution >= 4 is 50.4 Å². The molecule has 0 bridgehead atoms. The molecule has 34 heavy (non-hydrogen) atoms. The van der Waals surface area contributed by atoms with E-state index in [1.54, 1.807) is 19.1 Å². The first-order chi connectivity index (χ1) is 16.2. The largest absolute Gasteiger partial charge is 0.378 e. The fraction of sp³-hybridized carbons (Fsp3) is 0.200. The number of benzene rings is 2. The van der Waals surface area contributed by atoms with Crippen molar-refractivity contribution in [1.82, 2.24) is 9.55 Å². The van der Waals surface area contributed by atoms with E-state index in [-0.39, 0.29) is 23.9 Å². The van der Waals surface area contributed by atoms with E-state index >= 15 is 0 Å². The Labute approximate surface area is 200 Å². The zero-order valence-corrected chi connectivity index (χ0v) is 20.2. The van der Waals surface area contributed by atoms with Crippen LogP contribution in [0.4, 0.5) is 17.1 Å². The number of anilines is 3. The number of carbonyl (C=O) groups is 2. The van der Waals surface area contributed by atoms with E-state index in [4.69, 9.17) is 0 Å². The maximum absolute atomic E-state index is 13.1. The lowest BCUT2D eigenvalue weighted by molar-refractivity contribution is -0.116. The summed E-state index contributed by atoms with van der Waals surface area (Å²) >= 11 is 1.16. The van der Waals surface area contributed by atoms with Gasteiger partial charge in [-0.05, 0) is 55.3 Å². The van der Waals surface area contributed by atoms with E-state index in [0.717, 1.165) is 22.6 Å². The SMILES string of the molecule is Cc1ccccc1NC(=O)c1sc2ncn(CC(=O)Nc3ccc(N(C)C)cc3)c(=O)c2c1C. The molecule has 0 fully saturated rings. The fourth-order valence-corrected chi connectivity index (χ4v) is 4.61. The zero-order chi connectivity index (χ0) is 24.4. The highest BCUT2D eigenvalue weighted by molar-refractivity contribution is 7.20. The smallest absolute Gasteiger partial charge is 0.266 e. The summed E-state index contributed by atoms with van der Waals surface area (Å²) in [5, 5.41) is 6.05. The molecule has 0 aliphatic rings. The number of aromatic nitrogens is 2. The summed E-state index contributed by atoms with van der Waals surface area (Å²) in [6, 6.07) is 14.9. The molecule has 2 heterocycles. The second-order valence-corrected chi connectivity index (χ2v) is 9.17. The van der Waals surface area contributed by atoms with Crippen molar-refractivity contribution in [3.05, 3.63) is 81.2 Å². The Kier molecular flexibility index (Phi) is 6.47. The van der Waals surface area contributed by atoms with Gasteiger partial charge in [0.05, 0.1) is 16.6 Å². The minimum Gasteiger partial charge on any atom is -0.378 e. The van der Waals surface area contributed by atoms with Crippen LogP contribution < -0.4 is 21.1 Å². The lowest BCUT2D eigenvalue weighted by atomic mass is 10.2. The fourth-order valence-electron chi connectivity index (χ4n) is 3.58. The molecule has 0 radical (unpaired) electrons. The summed E-state index contributed by atoms with van der Waals surface area (Å²) in [6.07, 6.45) is 1.35. The molecule has 0 spiro atoms. The average molecular weight is 476 g/mol. The van der Waals surface area contributed by atoms with Crippen LogP contribution >= 0.6 is 11.3 Å². The number of fused-ring (bicyclic) bond motifs is 1. The van der Waals surface area contributed by atoms with Gasteiger partial charge in [0.25, 0.3) is 11.5 Å². The second-order valence-electron chi connectivity index (χ2n) is 8.17. The van der Waals surface area contributed by atoms with Gasteiger partial charge in [-0.1, -0.05) is 18.2 Å². The summed E-state index contributed by atoms with van der Waals surface area (Å²) in [4.78, 5) is 45.8. The molecule has 0 saturated carbocycles. The molecule has 0 unspecified atom stereocenters. The van der Waals surface area contributed by atoms with Gasteiger partial charge in [0.15, 0.2) is 0 Å². The number of hydrogen-bond acceptors (Lipinski definition) is 6. The summed E-state index contributed by atoms with van der Waals surface area (Å²) in [5.41, 5.74) is 3.51. The topological polar surface area (TPSA) is 96.3 Å². The average Bonchev–Trinajstić information content (AvgIpc) is 3.14. The molecule has 4 rings (SSSR count). The van der Waals surface area contributed by atoms with Crippen LogP contribution in [0.1, 0.15) is 20.8 Å². The molecule has 0 aliphatic carbocycles. The normalized spacial score (nSPS) is 10.8. The predicted molar refractivity (Wildman–Crippen MR) is 137 cm³/mol. The number of rotatable bonds is 6. The predicted octanol–water partition coefficient (Wildman–Crippen LogP) is 4.03. The molecule has 0 saturated heterocycles. The van der Waals surface area contributed by atoms with E-state index in [1.165, 1.54) is 10.9 Å². The Balaban J connectivity index is 1.55. The van der Waals surface area contributed by atoms with Gasteiger partial charge in [0.1, 0.15) is 11.4 Å². The third kappa shape index (κ3) is 4.69. The van der Waals surface area contributed by atoms with Gasteiger partial charge in [-0.2, -0.15) is 0 Å². The molecule has 0 aliphatic heterocycles. The summed E-state index contributed by atoms with van der Waals surface area (Å²) in [7, 11) is 3.88. The van der Waals surface area contributed by atoms with Crippen molar-refractivity contribution in [3.8, 4) is 0 Å². The molecule has 8 nitrogen and oxygen atoms in total. The van der Waals surface area contributed by atoms with Crippen molar-refractivity contribution in [2.24, 2.45) is 0 Å². The third-order valence-corrected chi connectivity index (χ3v) is 6.70. The lowest BCUT2D eigenvalue weighted by Gasteiger charge is -2.13. The van der Waals surface area contributed by atoms with Gasteiger partial charge in [0, 0.05) is 31.2 Å². The molecule has 4 aromatic rings. The summed E-state index contributed by atoms with van der Waals surface area (Å²) in [5.74, 6) is -0.633. The number of aryl methyl sites for hydroxylation is 2. The van der Waals surface area contributed by atoms with Crippen LogP contribution in [0.2, 0.25) is 0 Å². The van der Waals surface area contributed by atoms with Crippen LogP contribution in [0.3, 0.4) is 0 Å². The van der Waals surface area contributed by atoms with E-state index in [1.807, 2.05) is 62.3 Å². The first-order valence-corrected chi connectivity index (χ1v) is 11.5. The van der Waals surface area contributed by atoms with Gasteiger partial charge in [-0.15, -0.1) is 11.3 Å². The maximum atomic E-state index is 13.1. The monoisotopic (exact) mass is 475 g/mol. The number of hydrogen-bond donors (Lipinski definition) is 2. The van der Waals surface area contributed by atoms with Crippen LogP contribution in [0.25, 0.3) is 10.2 Å². The van der Waals surface area contributed by atoms with Crippen molar-refractivity contribution < 1.29 is 9.59 Å². The Morgan fingerprint density at radius 1 is 1.03 bits per heavy atom. The van der Waals surface area contributed by atoms with Crippen LogP contribution in [0.5, 0.6) is 0 Å². The standard InChI is InChI=1S/C25H25N5O3S/c1-15-7-5-6-8-19(15)28-23(32)22-16(2)21-24(34-22)26-14-30(25(21)33)13-20(31)27-17-9-11-18(12-10-17)29(3)4/h5-12,14H,13H2,1-4H3,(H,27,31)(H,28,32). The molecule has 0 atom stereocenters. The Hall–Kier alpha value is -3.98. The molecule has 2 N–H and O–H groups in total. The number of nitrogens with one attached hydrogen (secondary N) is 2. The van der Waals surface area contributed by atoms with Gasteiger partial charge in [-0.25, -0.2) is 4.98 Å². The van der Waals surface area contributed by atoms with E-state index < -0.39 is 0 Å². The maximum Gasteiger partial charge on any atom is 0.266 e. The Morgan fingerprint density at radius 3 is 2.41 bits per heavy atom. The van der Waals surface area contributed by atoms with Crippen LogP contribution in [0.15, 0.2) is 59.7 Å². The molecule has 9 heteroatoms. The minimum atomic E-state index is -0.355. The number of para-hydroxylation sites is 1. The van der Waals surface area contributed by atoms with Gasteiger partial charge < -0.3 is 15.5 Å². The van der Waals surface area contributed by atoms with Crippen LogP contribution in [-0.4, -0.2) is 35.5 Å². The quantitative estimate of drug-likeness (QED) is 0.439. The Morgan fingerprint density at radius 2 is 1.74 bits per heavy atom. The molecular weight excluding hydrogens is 450 g/mol. The first kappa shape index (κ1) is 23.2. The number of thiophene rings is 1. The lowest BCUT2D eigenvalue weighted by Crippen LogP contribution is -2.28. The number of amides is 2. The van der Waals surface area contributed by atoms with Crippen LogP contribution in [0, 0.1) is 13.8 Å². The number of carbonyl (C=O) groups excluding carboxylic acids is 2. The van der Waals surface area contributed by atoms with Gasteiger partial charge >= 0.3 is 0 Å². The van der Waals surface area contributed by atoms with Crippen molar-refractivity contribution in [2.75, 3.05) is 29.6 Å². The third-order valence-electron chi connectivity index (χ3n) is 5.50. The summed E-state index contributed by atoms with van der Waals surface area (Å²) in [6.45, 7) is 3.46. The molecule has 174 valence electrons. The highest BCUT2D eigenvalue weighted by atomic mass is 32.1. The number of nitrogens with zero attached hydrogens (tertiary/aromatic N) is 3. The van der Waals surface area contributed by atoms with Crippen LogP contribution in [-0.2, 0) is 11.3 Å². The van der Waals surface area contributed by atoms with E-state index in [9.17, 15) is 14.4 Å². The minimum absolute atomic E-state index is 0.183. The molecule has 2 aromatic heterocycles. The summed E-state index contributed by atoms with van der Waals surface area (Å²) < 4.78 is 1.26. The molecular formula is C25H25N5O3S. The molecule has 2 aromatic carbocycles. The van der Waals surface area contributed by atoms with Crippen molar-refractivity contribution in [1.29, 1.82) is 0 Å². The van der Waals surface area contributed by atoms with Gasteiger partial charge in [0.2, 0.25) is 5.91 Å². The molecule has 2 amide bonds. The van der Waals surface area contributed by atoms with Crippen molar-refractivity contribution in [2.45, 2.75) is 20.4 Å². The van der Waals surface area contributed by atoms with Crippen molar-refractivity contribution in [3.63, 3.8) is 0 Å². The van der Waals surface area contributed by atoms with Gasteiger partial charge in [-0.3, -0.25) is 19.0 Å².